The smallest absolute Gasteiger partial charge is 0.332 e. The second-order valence-corrected chi connectivity index (χ2v) is 4.47. The van der Waals surface area contributed by atoms with Crippen LogP contribution in [0, 0.1) is 0 Å². The summed E-state index contributed by atoms with van der Waals surface area (Å²) < 4.78 is 9.40. The van der Waals surface area contributed by atoms with Crippen molar-refractivity contribution in [3.63, 3.8) is 0 Å². The van der Waals surface area contributed by atoms with Crippen molar-refractivity contribution in [2.45, 2.75) is 11.4 Å². The van der Waals surface area contributed by atoms with E-state index in [0.717, 1.165) is 0 Å². The minimum atomic E-state index is -1.95. The molecule has 0 fully saturated rings. The molecule has 0 rings (SSSR count). The Morgan fingerprint density at radius 2 is 1.00 bits per heavy atom. The number of hydrogen-bond acceptors (Lipinski definition) is 12. The van der Waals surface area contributed by atoms with Crippen LogP contribution in [0.25, 0.3) is 0 Å². The summed E-state index contributed by atoms with van der Waals surface area (Å²) in [6.07, 6.45) is 1.19. The largest absolute Gasteiger partial charge is 0.436 e. The van der Waals surface area contributed by atoms with Gasteiger partial charge in [0.15, 0.2) is 0 Å². The molecule has 0 saturated carbocycles. The predicted octanol–water partition coefficient (Wildman–Crippen LogP) is -4.93. The Bertz CT molecular complexity index is 382. The molecule has 0 unspecified atom stereocenters. The van der Waals surface area contributed by atoms with Crippen molar-refractivity contribution in [3.8, 4) is 0 Å². The number of carbonyl (C=O) groups is 2. The molecule has 0 spiro atoms. The van der Waals surface area contributed by atoms with Gasteiger partial charge in [0, 0.05) is 12.2 Å². The number of ether oxygens (including phenoxy) is 2. The molecule has 0 aromatic rings. The van der Waals surface area contributed by atoms with Gasteiger partial charge in [-0.05, 0) is 0 Å². The van der Waals surface area contributed by atoms with Crippen molar-refractivity contribution in [1.82, 2.24) is 10.6 Å². The molecule has 24 heavy (non-hydrogen) atoms. The van der Waals surface area contributed by atoms with Crippen LogP contribution in [-0.2, 0) is 19.1 Å². The Labute approximate surface area is 136 Å². The van der Waals surface area contributed by atoms with Gasteiger partial charge >= 0.3 is 11.9 Å². The lowest BCUT2D eigenvalue weighted by atomic mass is 10.2. The SMILES string of the molecule is O=C(/C=C\C(=O)OC(CO)(CO)NCO)OC(CO)(CO)NCO. The van der Waals surface area contributed by atoms with Crippen LogP contribution in [0.3, 0.4) is 0 Å². The Hall–Kier alpha value is -1.64. The molecule has 0 aliphatic carbocycles. The summed E-state index contributed by atoms with van der Waals surface area (Å²) in [5, 5.41) is 58.1. The number of aliphatic hydroxyl groups excluding tert-OH is 6. The number of rotatable bonds is 12. The van der Waals surface area contributed by atoms with Crippen LogP contribution < -0.4 is 10.6 Å². The Balaban J connectivity index is 4.81. The summed E-state index contributed by atoms with van der Waals surface area (Å²) in [7, 11) is 0. The van der Waals surface area contributed by atoms with Gasteiger partial charge < -0.3 is 40.1 Å². The van der Waals surface area contributed by atoms with Gasteiger partial charge in [0.05, 0.1) is 39.9 Å². The maximum Gasteiger partial charge on any atom is 0.332 e. The Kier molecular flexibility index (Phi) is 10.3. The monoisotopic (exact) mass is 354 g/mol. The fourth-order valence-electron chi connectivity index (χ4n) is 1.40. The molecule has 0 bridgehead atoms. The Morgan fingerprint density at radius 1 is 0.708 bits per heavy atom. The van der Waals surface area contributed by atoms with Crippen LogP contribution in [0.5, 0.6) is 0 Å². The lowest BCUT2D eigenvalue weighted by Gasteiger charge is -2.29. The van der Waals surface area contributed by atoms with E-state index in [1.165, 1.54) is 0 Å². The normalized spacial score (nSPS) is 12.4. The molecule has 0 aromatic carbocycles. The third-order valence-corrected chi connectivity index (χ3v) is 2.77. The standard InChI is InChI=1S/C12H22N2O10/c15-3-11(4-16,13-7-19)23-9(21)1-2-10(22)24-12(5-17,6-18)14-8-20/h1-2,13-20H,3-8H2/b2-1-. The van der Waals surface area contributed by atoms with E-state index in [1.54, 1.807) is 0 Å². The molecule has 0 aliphatic heterocycles. The summed E-state index contributed by atoms with van der Waals surface area (Å²) in [4.78, 5) is 23.1. The highest BCUT2D eigenvalue weighted by Gasteiger charge is 2.33. The molecule has 0 heterocycles. The number of esters is 2. The van der Waals surface area contributed by atoms with E-state index in [4.69, 9.17) is 40.1 Å². The van der Waals surface area contributed by atoms with Crippen LogP contribution in [0.4, 0.5) is 0 Å². The molecule has 0 radical (unpaired) electrons. The zero-order valence-corrected chi connectivity index (χ0v) is 12.7. The molecule has 12 heteroatoms. The summed E-state index contributed by atoms with van der Waals surface area (Å²) in [5.74, 6) is -2.32. The first kappa shape index (κ1) is 22.4. The van der Waals surface area contributed by atoms with Crippen molar-refractivity contribution >= 4 is 11.9 Å². The van der Waals surface area contributed by atoms with Crippen LogP contribution in [0.15, 0.2) is 12.2 Å². The summed E-state index contributed by atoms with van der Waals surface area (Å²) in [5.41, 5.74) is -3.89. The van der Waals surface area contributed by atoms with Crippen LogP contribution in [0.2, 0.25) is 0 Å². The average Bonchev–Trinajstić information content (AvgIpc) is 2.59. The quantitative estimate of drug-likeness (QED) is 0.0945. The van der Waals surface area contributed by atoms with Crippen molar-refractivity contribution in [2.75, 3.05) is 39.9 Å². The maximum absolute atomic E-state index is 11.6. The maximum atomic E-state index is 11.6. The topological polar surface area (TPSA) is 198 Å². The molecule has 140 valence electrons. The van der Waals surface area contributed by atoms with E-state index in [1.807, 2.05) is 0 Å². The number of nitrogens with one attached hydrogen (secondary N) is 2. The fourth-order valence-corrected chi connectivity index (χ4v) is 1.40. The number of hydrogen-bond donors (Lipinski definition) is 8. The molecule has 0 atom stereocenters. The molecular formula is C12H22N2O10. The van der Waals surface area contributed by atoms with E-state index in [0.29, 0.717) is 12.2 Å². The van der Waals surface area contributed by atoms with E-state index in [9.17, 15) is 9.59 Å². The van der Waals surface area contributed by atoms with Crippen molar-refractivity contribution in [3.05, 3.63) is 12.2 Å². The minimum absolute atomic E-state index is 0.597. The lowest BCUT2D eigenvalue weighted by molar-refractivity contribution is -0.175. The molecule has 0 saturated heterocycles. The first-order valence-electron chi connectivity index (χ1n) is 6.65. The highest BCUT2D eigenvalue weighted by atomic mass is 16.6. The van der Waals surface area contributed by atoms with Gasteiger partial charge in [-0.25, -0.2) is 9.59 Å². The molecule has 12 nitrogen and oxygen atoms in total. The molecular weight excluding hydrogens is 332 g/mol. The van der Waals surface area contributed by atoms with Gasteiger partial charge in [0.25, 0.3) is 0 Å². The van der Waals surface area contributed by atoms with E-state index in [2.05, 4.69) is 10.6 Å². The van der Waals surface area contributed by atoms with E-state index < -0.39 is 63.3 Å². The summed E-state index contributed by atoms with van der Waals surface area (Å²) >= 11 is 0. The number of carbonyl (C=O) groups excluding carboxylic acids is 2. The average molecular weight is 354 g/mol. The second-order valence-electron chi connectivity index (χ2n) is 4.47. The van der Waals surface area contributed by atoms with E-state index in [-0.39, 0.29) is 0 Å². The van der Waals surface area contributed by atoms with Gasteiger partial charge in [-0.3, -0.25) is 10.6 Å². The third kappa shape index (κ3) is 6.86. The van der Waals surface area contributed by atoms with Crippen molar-refractivity contribution in [1.29, 1.82) is 0 Å². The zero-order valence-electron chi connectivity index (χ0n) is 12.7. The van der Waals surface area contributed by atoms with Gasteiger partial charge in [-0.1, -0.05) is 0 Å². The number of aliphatic hydroxyl groups is 6. The molecule has 8 N–H and O–H groups in total. The molecule has 0 amide bonds. The first-order valence-corrected chi connectivity index (χ1v) is 6.65. The lowest BCUT2D eigenvalue weighted by Crippen LogP contribution is -2.55. The van der Waals surface area contributed by atoms with E-state index >= 15 is 0 Å². The highest BCUT2D eigenvalue weighted by molar-refractivity contribution is 5.92. The van der Waals surface area contributed by atoms with Crippen molar-refractivity contribution in [2.24, 2.45) is 0 Å². The highest BCUT2D eigenvalue weighted by Crippen LogP contribution is 2.08. The van der Waals surface area contributed by atoms with Gasteiger partial charge in [-0.2, -0.15) is 0 Å². The van der Waals surface area contributed by atoms with Crippen LogP contribution in [-0.4, -0.2) is 93.9 Å². The predicted molar refractivity (Wildman–Crippen MR) is 75.6 cm³/mol. The van der Waals surface area contributed by atoms with Crippen LogP contribution in [0.1, 0.15) is 0 Å². The van der Waals surface area contributed by atoms with Crippen molar-refractivity contribution < 1.29 is 49.7 Å². The second kappa shape index (κ2) is 11.0. The zero-order chi connectivity index (χ0) is 18.6. The fraction of sp³-hybridized carbons (Fsp3) is 0.667. The van der Waals surface area contributed by atoms with Gasteiger partial charge in [-0.15, -0.1) is 0 Å². The molecule has 0 aliphatic rings. The third-order valence-electron chi connectivity index (χ3n) is 2.77. The summed E-state index contributed by atoms with van der Waals surface area (Å²) in [6, 6.07) is 0. The summed E-state index contributed by atoms with van der Waals surface area (Å²) in [6.45, 7) is -4.83. The first-order chi connectivity index (χ1) is 11.4. The Morgan fingerprint density at radius 3 is 1.21 bits per heavy atom. The minimum Gasteiger partial charge on any atom is -0.436 e. The van der Waals surface area contributed by atoms with Gasteiger partial charge in [0.2, 0.25) is 11.4 Å². The van der Waals surface area contributed by atoms with Gasteiger partial charge in [0.1, 0.15) is 0 Å². The van der Waals surface area contributed by atoms with Crippen LogP contribution >= 0.6 is 0 Å². The molecule has 0 aromatic heterocycles.